The Morgan fingerprint density at radius 1 is 1.40 bits per heavy atom. The highest BCUT2D eigenvalue weighted by Gasteiger charge is 2.45. The third-order valence-corrected chi connectivity index (χ3v) is 6.26. The molecule has 1 fully saturated rings. The molecule has 1 aliphatic heterocycles. The van der Waals surface area contributed by atoms with Crippen molar-refractivity contribution < 1.29 is 18.3 Å². The number of nitrogens with one attached hydrogen (secondary N) is 1. The van der Waals surface area contributed by atoms with Crippen molar-refractivity contribution >= 4 is 27.8 Å². The summed E-state index contributed by atoms with van der Waals surface area (Å²) in [5, 5.41) is 9.36. The zero-order chi connectivity index (χ0) is 15.0. The van der Waals surface area contributed by atoms with Gasteiger partial charge >= 0.3 is 5.97 Å². The monoisotopic (exact) mass is 315 g/mol. The Morgan fingerprint density at radius 3 is 2.65 bits per heavy atom. The molecular weight excluding hydrogens is 298 g/mol. The molecule has 1 saturated heterocycles. The number of benzene rings is 1. The summed E-state index contributed by atoms with van der Waals surface area (Å²) in [7, 11) is -3.84. The summed E-state index contributed by atoms with van der Waals surface area (Å²) in [6, 6.07) is 5.11. The van der Waals surface area contributed by atoms with E-state index in [0.717, 1.165) is 5.56 Å². The lowest BCUT2D eigenvalue weighted by atomic mass is 10.0. The predicted molar refractivity (Wildman–Crippen MR) is 78.5 cm³/mol. The first-order valence-corrected chi connectivity index (χ1v) is 8.83. The number of rotatable bonds is 4. The summed E-state index contributed by atoms with van der Waals surface area (Å²) >= 11 is 1.44. The van der Waals surface area contributed by atoms with Crippen LogP contribution in [0.4, 0.5) is 0 Å². The number of hydrogen-bond acceptors (Lipinski definition) is 4. The van der Waals surface area contributed by atoms with Crippen LogP contribution < -0.4 is 4.72 Å². The number of aryl methyl sites for hydroxylation is 2. The summed E-state index contributed by atoms with van der Waals surface area (Å²) in [6.07, 6.45) is 0.303. The van der Waals surface area contributed by atoms with Crippen molar-refractivity contribution in [2.75, 3.05) is 11.5 Å². The average Bonchev–Trinajstić information content (AvgIpc) is 2.81. The van der Waals surface area contributed by atoms with Crippen LogP contribution in [0, 0.1) is 13.8 Å². The minimum Gasteiger partial charge on any atom is -0.480 e. The van der Waals surface area contributed by atoms with Crippen molar-refractivity contribution in [2.45, 2.75) is 30.7 Å². The first-order chi connectivity index (χ1) is 9.27. The number of carboxylic acid groups (broad SMARTS) is 1. The second-order valence-electron chi connectivity index (χ2n) is 5.06. The Kier molecular flexibility index (Phi) is 4.13. The highest BCUT2D eigenvalue weighted by Crippen LogP contribution is 2.30. The Labute approximate surface area is 122 Å². The predicted octanol–water partition coefficient (Wildman–Crippen LogP) is 1.54. The fourth-order valence-electron chi connectivity index (χ4n) is 2.17. The van der Waals surface area contributed by atoms with Crippen LogP contribution >= 0.6 is 11.8 Å². The molecule has 1 unspecified atom stereocenters. The summed E-state index contributed by atoms with van der Waals surface area (Å²) in [4.78, 5) is 11.6. The number of hydrogen-bond donors (Lipinski definition) is 2. The molecule has 20 heavy (non-hydrogen) atoms. The van der Waals surface area contributed by atoms with Crippen molar-refractivity contribution in [2.24, 2.45) is 0 Å². The van der Waals surface area contributed by atoms with Gasteiger partial charge in [0.05, 0.1) is 4.90 Å². The van der Waals surface area contributed by atoms with Gasteiger partial charge in [-0.25, -0.2) is 8.42 Å². The van der Waals surface area contributed by atoms with E-state index in [0.29, 0.717) is 17.7 Å². The van der Waals surface area contributed by atoms with Crippen LogP contribution in [0.2, 0.25) is 0 Å². The minimum absolute atomic E-state index is 0.148. The third-order valence-electron chi connectivity index (χ3n) is 3.39. The molecule has 1 aliphatic rings. The van der Waals surface area contributed by atoms with Gasteiger partial charge in [-0.15, -0.1) is 0 Å². The molecule has 1 aromatic rings. The molecule has 0 aromatic heterocycles. The summed E-state index contributed by atoms with van der Waals surface area (Å²) in [5.41, 5.74) is 0.0371. The van der Waals surface area contributed by atoms with E-state index in [9.17, 15) is 18.3 Å². The third kappa shape index (κ3) is 2.84. The maximum absolute atomic E-state index is 12.5. The molecule has 1 aromatic carbocycles. The van der Waals surface area contributed by atoms with Gasteiger partial charge in [-0.3, -0.25) is 4.79 Å². The van der Waals surface area contributed by atoms with Gasteiger partial charge in [0.1, 0.15) is 5.54 Å². The van der Waals surface area contributed by atoms with E-state index < -0.39 is 21.5 Å². The lowest BCUT2D eigenvalue weighted by Gasteiger charge is -2.24. The number of aliphatic carboxylic acids is 1. The van der Waals surface area contributed by atoms with E-state index in [-0.39, 0.29) is 10.6 Å². The summed E-state index contributed by atoms with van der Waals surface area (Å²) in [6.45, 7) is 3.50. The second kappa shape index (κ2) is 5.38. The van der Waals surface area contributed by atoms with Crippen LogP contribution in [0.15, 0.2) is 23.1 Å². The van der Waals surface area contributed by atoms with Gasteiger partial charge in [0.25, 0.3) is 0 Å². The van der Waals surface area contributed by atoms with Gasteiger partial charge in [-0.05, 0) is 43.2 Å². The first-order valence-electron chi connectivity index (χ1n) is 6.19. The summed E-state index contributed by atoms with van der Waals surface area (Å²) < 4.78 is 27.4. The molecule has 0 radical (unpaired) electrons. The smallest absolute Gasteiger partial charge is 0.325 e. The molecule has 1 heterocycles. The van der Waals surface area contributed by atoms with Gasteiger partial charge in [0.2, 0.25) is 10.0 Å². The quantitative estimate of drug-likeness (QED) is 0.880. The van der Waals surface area contributed by atoms with Crippen LogP contribution in [0.5, 0.6) is 0 Å². The van der Waals surface area contributed by atoms with Crippen LogP contribution in [-0.2, 0) is 14.8 Å². The molecule has 0 amide bonds. The molecule has 7 heteroatoms. The number of carbonyl (C=O) groups is 1. The Bertz CT molecular complexity index is 634. The first kappa shape index (κ1) is 15.3. The molecule has 0 bridgehead atoms. The van der Waals surface area contributed by atoms with Gasteiger partial charge in [0, 0.05) is 5.75 Å². The molecule has 2 N–H and O–H groups in total. The highest BCUT2D eigenvalue weighted by atomic mass is 32.2. The fraction of sp³-hybridized carbons (Fsp3) is 0.462. The lowest BCUT2D eigenvalue weighted by Crippen LogP contribution is -2.54. The Morgan fingerprint density at radius 2 is 2.10 bits per heavy atom. The summed E-state index contributed by atoms with van der Waals surface area (Å²) in [5.74, 6) is -0.218. The SMILES string of the molecule is Cc1ccc(C)c(S(=O)(=O)NC2(C(=O)O)CCSC2)c1. The van der Waals surface area contributed by atoms with Crippen molar-refractivity contribution in [1.29, 1.82) is 0 Å². The molecule has 1 atom stereocenters. The fourth-order valence-corrected chi connectivity index (χ4v) is 5.30. The molecule has 0 aliphatic carbocycles. The zero-order valence-electron chi connectivity index (χ0n) is 11.3. The van der Waals surface area contributed by atoms with E-state index in [1.54, 1.807) is 26.0 Å². The molecule has 0 spiro atoms. The molecule has 0 saturated carbocycles. The van der Waals surface area contributed by atoms with E-state index >= 15 is 0 Å². The topological polar surface area (TPSA) is 83.5 Å². The van der Waals surface area contributed by atoms with E-state index in [4.69, 9.17) is 0 Å². The maximum atomic E-state index is 12.5. The Hall–Kier alpha value is -1.05. The van der Waals surface area contributed by atoms with Crippen LogP contribution in [-0.4, -0.2) is 36.5 Å². The van der Waals surface area contributed by atoms with Gasteiger partial charge in [0.15, 0.2) is 0 Å². The van der Waals surface area contributed by atoms with Gasteiger partial charge in [-0.2, -0.15) is 16.5 Å². The van der Waals surface area contributed by atoms with Gasteiger partial charge < -0.3 is 5.11 Å². The van der Waals surface area contributed by atoms with Crippen LogP contribution in [0.3, 0.4) is 0 Å². The number of thioether (sulfide) groups is 1. The normalized spacial score (nSPS) is 22.9. The average molecular weight is 315 g/mol. The van der Waals surface area contributed by atoms with Crippen molar-refractivity contribution in [3.8, 4) is 0 Å². The van der Waals surface area contributed by atoms with E-state index in [1.807, 2.05) is 6.07 Å². The highest BCUT2D eigenvalue weighted by molar-refractivity contribution is 7.99. The maximum Gasteiger partial charge on any atom is 0.325 e. The van der Waals surface area contributed by atoms with Crippen molar-refractivity contribution in [3.05, 3.63) is 29.3 Å². The van der Waals surface area contributed by atoms with Crippen LogP contribution in [0.25, 0.3) is 0 Å². The van der Waals surface area contributed by atoms with Gasteiger partial charge in [-0.1, -0.05) is 12.1 Å². The number of carboxylic acids is 1. The molecule has 2 rings (SSSR count). The van der Waals surface area contributed by atoms with Crippen molar-refractivity contribution in [3.63, 3.8) is 0 Å². The van der Waals surface area contributed by atoms with Crippen molar-refractivity contribution in [1.82, 2.24) is 4.72 Å². The standard InChI is InChI=1S/C13H17NO4S2/c1-9-3-4-10(2)11(7-9)20(17,18)14-13(12(15)16)5-6-19-8-13/h3-4,7,14H,5-6,8H2,1-2H3,(H,15,16). The van der Waals surface area contributed by atoms with Crippen LogP contribution in [0.1, 0.15) is 17.5 Å². The Balaban J connectivity index is 2.40. The number of sulfonamides is 1. The lowest BCUT2D eigenvalue weighted by molar-refractivity contribution is -0.142. The largest absolute Gasteiger partial charge is 0.480 e. The zero-order valence-corrected chi connectivity index (χ0v) is 13.0. The molecular formula is C13H17NO4S2. The van der Waals surface area contributed by atoms with E-state index in [2.05, 4.69) is 4.72 Å². The minimum atomic E-state index is -3.84. The molecule has 110 valence electrons. The second-order valence-corrected chi connectivity index (χ2v) is 7.82. The molecule has 5 nitrogen and oxygen atoms in total. The van der Waals surface area contributed by atoms with E-state index in [1.165, 1.54) is 11.8 Å².